The quantitative estimate of drug-likeness (QED) is 0.795. The molecule has 0 saturated carbocycles. The Balaban J connectivity index is 1.47. The summed E-state index contributed by atoms with van der Waals surface area (Å²) in [6.07, 6.45) is 4.55. The Bertz CT molecular complexity index is 838. The van der Waals surface area contributed by atoms with Crippen LogP contribution < -0.4 is 0 Å². The number of carbonyl (C=O) groups excluding carboxylic acids is 1. The van der Waals surface area contributed by atoms with Crippen LogP contribution in [0.4, 0.5) is 0 Å². The SMILES string of the molecule is Cc1nc(-c2ccc(C(=O)N3CC[C@@H](c4ncc[nH]4)C3)cc2)cs1. The van der Waals surface area contributed by atoms with Crippen LogP contribution >= 0.6 is 11.3 Å². The molecule has 1 aliphatic rings. The normalized spacial score (nSPS) is 17.4. The number of aromatic nitrogens is 3. The number of nitrogens with one attached hydrogen (secondary N) is 1. The second-order valence-corrected chi connectivity index (χ2v) is 7.10. The number of rotatable bonds is 3. The van der Waals surface area contributed by atoms with Gasteiger partial charge in [-0.25, -0.2) is 9.97 Å². The Labute approximate surface area is 144 Å². The van der Waals surface area contributed by atoms with Crippen LogP contribution in [-0.2, 0) is 0 Å². The van der Waals surface area contributed by atoms with Gasteiger partial charge in [0, 0.05) is 47.9 Å². The Morgan fingerprint density at radius 3 is 2.83 bits per heavy atom. The van der Waals surface area contributed by atoms with Crippen molar-refractivity contribution in [2.24, 2.45) is 0 Å². The summed E-state index contributed by atoms with van der Waals surface area (Å²) in [6.45, 7) is 3.49. The zero-order valence-electron chi connectivity index (χ0n) is 13.4. The third-order valence-corrected chi connectivity index (χ3v) is 5.20. The summed E-state index contributed by atoms with van der Waals surface area (Å²) >= 11 is 1.63. The molecule has 1 aromatic carbocycles. The van der Waals surface area contributed by atoms with Crippen molar-refractivity contribution in [2.75, 3.05) is 13.1 Å². The molecule has 0 unspecified atom stereocenters. The molecule has 6 heteroatoms. The third-order valence-electron chi connectivity index (χ3n) is 4.43. The topological polar surface area (TPSA) is 61.9 Å². The van der Waals surface area contributed by atoms with Crippen molar-refractivity contribution in [3.8, 4) is 11.3 Å². The molecule has 1 fully saturated rings. The first-order chi connectivity index (χ1) is 11.7. The van der Waals surface area contributed by atoms with Gasteiger partial charge in [0.05, 0.1) is 10.7 Å². The highest BCUT2D eigenvalue weighted by molar-refractivity contribution is 7.09. The smallest absolute Gasteiger partial charge is 0.253 e. The van der Waals surface area contributed by atoms with Crippen molar-refractivity contribution in [3.05, 3.63) is 58.4 Å². The van der Waals surface area contributed by atoms with Gasteiger partial charge in [0.25, 0.3) is 5.91 Å². The Hall–Kier alpha value is -2.47. The van der Waals surface area contributed by atoms with Crippen LogP contribution in [0.5, 0.6) is 0 Å². The average Bonchev–Trinajstić information content (AvgIpc) is 3.35. The second kappa shape index (κ2) is 6.20. The van der Waals surface area contributed by atoms with E-state index in [9.17, 15) is 4.79 Å². The number of hydrogen-bond donors (Lipinski definition) is 1. The summed E-state index contributed by atoms with van der Waals surface area (Å²) in [5.74, 6) is 1.37. The average molecular weight is 338 g/mol. The van der Waals surface area contributed by atoms with Gasteiger partial charge in [-0.2, -0.15) is 0 Å². The Kier molecular flexibility index (Phi) is 3.90. The highest BCUT2D eigenvalue weighted by Gasteiger charge is 2.29. The van der Waals surface area contributed by atoms with E-state index in [2.05, 4.69) is 15.0 Å². The minimum atomic E-state index is 0.0880. The lowest BCUT2D eigenvalue weighted by Gasteiger charge is -2.16. The van der Waals surface area contributed by atoms with Crippen molar-refractivity contribution in [3.63, 3.8) is 0 Å². The van der Waals surface area contributed by atoms with Gasteiger partial charge < -0.3 is 9.88 Å². The Morgan fingerprint density at radius 1 is 1.33 bits per heavy atom. The number of likely N-dealkylation sites (tertiary alicyclic amines) is 1. The van der Waals surface area contributed by atoms with E-state index in [0.29, 0.717) is 5.92 Å². The van der Waals surface area contributed by atoms with Crippen molar-refractivity contribution in [1.82, 2.24) is 19.9 Å². The predicted molar refractivity (Wildman–Crippen MR) is 94.1 cm³/mol. The highest BCUT2D eigenvalue weighted by Crippen LogP contribution is 2.27. The number of benzene rings is 1. The summed E-state index contributed by atoms with van der Waals surface area (Å²) in [7, 11) is 0. The monoisotopic (exact) mass is 338 g/mol. The van der Waals surface area contributed by atoms with Crippen molar-refractivity contribution >= 4 is 17.2 Å². The van der Waals surface area contributed by atoms with E-state index in [4.69, 9.17) is 0 Å². The molecule has 24 heavy (non-hydrogen) atoms. The summed E-state index contributed by atoms with van der Waals surface area (Å²) in [4.78, 5) is 26.6. The molecule has 0 bridgehead atoms. The molecular formula is C18H18N4OS. The number of nitrogens with zero attached hydrogens (tertiary/aromatic N) is 3. The fraction of sp³-hybridized carbons (Fsp3) is 0.278. The molecule has 1 amide bonds. The van der Waals surface area contributed by atoms with Crippen LogP contribution in [0.3, 0.4) is 0 Å². The van der Waals surface area contributed by atoms with E-state index in [-0.39, 0.29) is 5.91 Å². The molecular weight excluding hydrogens is 320 g/mol. The summed E-state index contributed by atoms with van der Waals surface area (Å²) in [5, 5.41) is 3.09. The van der Waals surface area contributed by atoms with Gasteiger partial charge in [0.2, 0.25) is 0 Å². The van der Waals surface area contributed by atoms with Crippen molar-refractivity contribution < 1.29 is 4.79 Å². The molecule has 122 valence electrons. The van der Waals surface area contributed by atoms with Crippen LogP contribution in [0.1, 0.15) is 33.5 Å². The molecule has 0 spiro atoms. The second-order valence-electron chi connectivity index (χ2n) is 6.04. The molecule has 1 saturated heterocycles. The molecule has 0 aliphatic carbocycles. The first kappa shape index (κ1) is 15.1. The zero-order valence-corrected chi connectivity index (χ0v) is 14.2. The molecule has 3 aromatic rings. The van der Waals surface area contributed by atoms with Crippen LogP contribution in [-0.4, -0.2) is 38.8 Å². The first-order valence-corrected chi connectivity index (χ1v) is 8.90. The van der Waals surface area contributed by atoms with Crippen LogP contribution in [0, 0.1) is 6.92 Å². The van der Waals surface area contributed by atoms with E-state index in [1.807, 2.05) is 47.7 Å². The lowest BCUT2D eigenvalue weighted by Crippen LogP contribution is -2.28. The number of amides is 1. The lowest BCUT2D eigenvalue weighted by atomic mass is 10.1. The molecule has 1 aliphatic heterocycles. The van der Waals surface area contributed by atoms with Crippen LogP contribution in [0.2, 0.25) is 0 Å². The number of aromatic amines is 1. The maximum atomic E-state index is 12.7. The molecule has 2 aromatic heterocycles. The summed E-state index contributed by atoms with van der Waals surface area (Å²) < 4.78 is 0. The summed E-state index contributed by atoms with van der Waals surface area (Å²) in [6, 6.07) is 7.74. The standard InChI is InChI=1S/C18H18N4OS/c1-12-21-16(11-24-12)13-2-4-14(5-3-13)18(23)22-9-6-15(10-22)17-19-7-8-20-17/h2-5,7-8,11,15H,6,9-10H2,1H3,(H,19,20)/t15-/m1/s1. The van der Waals surface area contributed by atoms with Gasteiger partial charge in [0.1, 0.15) is 5.82 Å². The van der Waals surface area contributed by atoms with Crippen molar-refractivity contribution in [2.45, 2.75) is 19.3 Å². The Morgan fingerprint density at radius 2 is 2.17 bits per heavy atom. The molecule has 0 radical (unpaired) electrons. The summed E-state index contributed by atoms with van der Waals surface area (Å²) in [5.41, 5.74) is 2.74. The predicted octanol–water partition coefficient (Wildman–Crippen LogP) is 3.47. The van der Waals surface area contributed by atoms with Crippen molar-refractivity contribution in [1.29, 1.82) is 0 Å². The van der Waals surface area contributed by atoms with Gasteiger partial charge in [-0.15, -0.1) is 11.3 Å². The number of hydrogen-bond acceptors (Lipinski definition) is 4. The number of imidazole rings is 1. The maximum Gasteiger partial charge on any atom is 0.253 e. The van der Waals surface area contributed by atoms with E-state index in [0.717, 1.165) is 47.2 Å². The lowest BCUT2D eigenvalue weighted by molar-refractivity contribution is 0.0790. The molecule has 3 heterocycles. The van der Waals surface area contributed by atoms with Gasteiger partial charge >= 0.3 is 0 Å². The number of thiazole rings is 1. The van der Waals surface area contributed by atoms with Gasteiger partial charge in [-0.1, -0.05) is 12.1 Å². The van der Waals surface area contributed by atoms with E-state index in [1.165, 1.54) is 0 Å². The van der Waals surface area contributed by atoms with Gasteiger partial charge in [-0.3, -0.25) is 4.79 Å². The molecule has 4 rings (SSSR count). The van der Waals surface area contributed by atoms with Crippen LogP contribution in [0.25, 0.3) is 11.3 Å². The number of carbonyl (C=O) groups is 1. The molecule has 1 N–H and O–H groups in total. The first-order valence-electron chi connectivity index (χ1n) is 8.02. The van der Waals surface area contributed by atoms with E-state index in [1.54, 1.807) is 17.5 Å². The van der Waals surface area contributed by atoms with E-state index < -0.39 is 0 Å². The fourth-order valence-electron chi connectivity index (χ4n) is 3.13. The van der Waals surface area contributed by atoms with E-state index >= 15 is 0 Å². The van der Waals surface area contributed by atoms with Gasteiger partial charge in [-0.05, 0) is 25.5 Å². The minimum absolute atomic E-state index is 0.0880. The maximum absolute atomic E-state index is 12.7. The molecule has 5 nitrogen and oxygen atoms in total. The largest absolute Gasteiger partial charge is 0.348 e. The fourth-order valence-corrected chi connectivity index (χ4v) is 3.75. The molecule has 1 atom stereocenters. The highest BCUT2D eigenvalue weighted by atomic mass is 32.1. The number of H-pyrrole nitrogens is 1. The minimum Gasteiger partial charge on any atom is -0.348 e. The zero-order chi connectivity index (χ0) is 16.5. The number of aryl methyl sites for hydroxylation is 1. The van der Waals surface area contributed by atoms with Crippen LogP contribution in [0.15, 0.2) is 42.0 Å². The van der Waals surface area contributed by atoms with Gasteiger partial charge in [0.15, 0.2) is 0 Å². The third kappa shape index (κ3) is 2.85.